The first-order valence-electron chi connectivity index (χ1n) is 11.6. The van der Waals surface area contributed by atoms with E-state index < -0.39 is 5.60 Å². The first-order chi connectivity index (χ1) is 16.3. The van der Waals surface area contributed by atoms with Crippen LogP contribution in [-0.2, 0) is 11.3 Å². The highest BCUT2D eigenvalue weighted by Crippen LogP contribution is 2.29. The molecule has 1 unspecified atom stereocenters. The lowest BCUT2D eigenvalue weighted by Gasteiger charge is -2.34. The molecular formula is C24H30N8O2. The van der Waals surface area contributed by atoms with Gasteiger partial charge in [0.05, 0.1) is 18.3 Å². The molecule has 0 bridgehead atoms. The Morgan fingerprint density at radius 3 is 3.00 bits per heavy atom. The number of hydrogen-bond donors (Lipinski definition) is 3. The van der Waals surface area contributed by atoms with Crippen LogP contribution in [0.25, 0.3) is 10.9 Å². The minimum Gasteiger partial charge on any atom is -0.444 e. The van der Waals surface area contributed by atoms with Gasteiger partial charge in [0.1, 0.15) is 11.4 Å². The van der Waals surface area contributed by atoms with Crippen LogP contribution < -0.4 is 26.2 Å². The van der Waals surface area contributed by atoms with Crippen LogP contribution in [0.2, 0.25) is 0 Å². The van der Waals surface area contributed by atoms with Gasteiger partial charge >= 0.3 is 6.09 Å². The second kappa shape index (κ2) is 8.94. The van der Waals surface area contributed by atoms with E-state index >= 15 is 0 Å². The van der Waals surface area contributed by atoms with Gasteiger partial charge in [-0.15, -0.1) is 5.53 Å². The molecule has 10 heteroatoms. The lowest BCUT2D eigenvalue weighted by Crippen LogP contribution is -2.49. The summed E-state index contributed by atoms with van der Waals surface area (Å²) >= 11 is 0. The summed E-state index contributed by atoms with van der Waals surface area (Å²) in [6, 6.07) is 10.2. The van der Waals surface area contributed by atoms with Gasteiger partial charge in [0, 0.05) is 30.7 Å². The van der Waals surface area contributed by atoms with Crippen LogP contribution in [0.3, 0.4) is 0 Å². The van der Waals surface area contributed by atoms with Crippen molar-refractivity contribution in [2.45, 2.75) is 51.8 Å². The average molecular weight is 463 g/mol. The standard InChI is InChI=1S/C24H30N8O2/c1-24(2,3)34-23(33)27-18-7-5-11-31(15-18)20-13-26-21-22(28-20)32(30-29-21)14-16-8-9-19-17(12-16)6-4-10-25-19/h4,6,8-10,12-13,18,30H,5,7,11,14-15H2,1-3H3,(H,26,29)(H,27,33). The van der Waals surface area contributed by atoms with Gasteiger partial charge in [0.15, 0.2) is 11.6 Å². The monoisotopic (exact) mass is 462 g/mol. The fourth-order valence-corrected chi connectivity index (χ4v) is 4.27. The molecule has 2 aromatic heterocycles. The van der Waals surface area contributed by atoms with Crippen molar-refractivity contribution >= 4 is 34.4 Å². The Kier molecular flexibility index (Phi) is 5.82. The molecule has 1 saturated heterocycles. The summed E-state index contributed by atoms with van der Waals surface area (Å²) in [6.07, 6.45) is 5.04. The number of nitrogens with one attached hydrogen (secondary N) is 3. The van der Waals surface area contributed by atoms with Crippen LogP contribution in [0.1, 0.15) is 39.2 Å². The summed E-state index contributed by atoms with van der Waals surface area (Å²) in [6.45, 7) is 7.73. The van der Waals surface area contributed by atoms with Crippen molar-refractivity contribution in [3.05, 3.63) is 48.3 Å². The Morgan fingerprint density at radius 2 is 2.15 bits per heavy atom. The SMILES string of the molecule is CC(C)(C)OC(=O)NC1CCCN(c2cnc3c(n2)N(Cc2ccc4ncccc4c2)NN3)C1. The molecule has 0 spiro atoms. The third-order valence-electron chi connectivity index (χ3n) is 5.78. The van der Waals surface area contributed by atoms with Crippen molar-refractivity contribution in [1.29, 1.82) is 0 Å². The molecule has 4 heterocycles. The summed E-state index contributed by atoms with van der Waals surface area (Å²) in [4.78, 5) is 28.2. The number of carbonyl (C=O) groups excluding carboxylic acids is 1. The number of hydrazine groups is 2. The predicted octanol–water partition coefficient (Wildman–Crippen LogP) is 3.37. The molecule has 1 atom stereocenters. The van der Waals surface area contributed by atoms with E-state index in [0.29, 0.717) is 18.9 Å². The number of pyridine rings is 1. The van der Waals surface area contributed by atoms with E-state index in [1.54, 1.807) is 12.4 Å². The molecular weight excluding hydrogens is 432 g/mol. The molecule has 0 saturated carbocycles. The number of amides is 1. The highest BCUT2D eigenvalue weighted by atomic mass is 16.6. The molecule has 1 aromatic carbocycles. The molecule has 2 aliphatic rings. The van der Waals surface area contributed by atoms with Crippen molar-refractivity contribution in [3.8, 4) is 0 Å². The third-order valence-corrected chi connectivity index (χ3v) is 5.78. The maximum absolute atomic E-state index is 12.2. The third kappa shape index (κ3) is 4.96. The minimum atomic E-state index is -0.519. The molecule has 178 valence electrons. The van der Waals surface area contributed by atoms with Crippen LogP contribution >= 0.6 is 0 Å². The number of alkyl carbamates (subject to hydrolysis) is 1. The Labute approximate surface area is 198 Å². The zero-order valence-corrected chi connectivity index (χ0v) is 19.7. The number of rotatable bonds is 4. The number of aromatic nitrogens is 3. The largest absolute Gasteiger partial charge is 0.444 e. The summed E-state index contributed by atoms with van der Waals surface area (Å²) < 4.78 is 5.42. The van der Waals surface area contributed by atoms with Crippen molar-refractivity contribution < 1.29 is 9.53 Å². The van der Waals surface area contributed by atoms with Gasteiger partial charge in [-0.05, 0) is 57.4 Å². The number of anilines is 3. The van der Waals surface area contributed by atoms with E-state index in [2.05, 4.69) is 49.3 Å². The van der Waals surface area contributed by atoms with Gasteiger partial charge in [-0.2, -0.15) is 0 Å². The van der Waals surface area contributed by atoms with Gasteiger partial charge in [0.2, 0.25) is 0 Å². The predicted molar refractivity (Wildman–Crippen MR) is 131 cm³/mol. The first kappa shape index (κ1) is 22.1. The average Bonchev–Trinajstić information content (AvgIpc) is 3.20. The van der Waals surface area contributed by atoms with Crippen molar-refractivity contribution in [3.63, 3.8) is 0 Å². The van der Waals surface area contributed by atoms with Crippen LogP contribution in [0.15, 0.2) is 42.7 Å². The van der Waals surface area contributed by atoms with E-state index in [1.807, 2.05) is 37.9 Å². The fraction of sp³-hybridized carbons (Fsp3) is 0.417. The number of ether oxygens (including phenoxy) is 1. The number of carbonyl (C=O) groups is 1. The van der Waals surface area contributed by atoms with Gasteiger partial charge in [-0.25, -0.2) is 14.8 Å². The van der Waals surface area contributed by atoms with E-state index in [-0.39, 0.29) is 12.1 Å². The Bertz CT molecular complexity index is 1200. The molecule has 0 radical (unpaired) electrons. The van der Waals surface area contributed by atoms with Gasteiger partial charge < -0.3 is 15.0 Å². The number of fused-ring (bicyclic) bond motifs is 2. The van der Waals surface area contributed by atoms with Crippen LogP contribution in [0.5, 0.6) is 0 Å². The van der Waals surface area contributed by atoms with E-state index in [9.17, 15) is 4.79 Å². The van der Waals surface area contributed by atoms with E-state index in [0.717, 1.165) is 47.5 Å². The Morgan fingerprint density at radius 1 is 1.26 bits per heavy atom. The zero-order valence-electron chi connectivity index (χ0n) is 19.7. The smallest absolute Gasteiger partial charge is 0.407 e. The Balaban J connectivity index is 1.28. The lowest BCUT2D eigenvalue weighted by molar-refractivity contribution is 0.0500. The molecule has 1 amide bonds. The number of benzene rings is 1. The summed E-state index contributed by atoms with van der Waals surface area (Å²) in [5.41, 5.74) is 7.84. The van der Waals surface area contributed by atoms with Crippen molar-refractivity contribution in [2.24, 2.45) is 0 Å². The van der Waals surface area contributed by atoms with E-state index in [4.69, 9.17) is 9.72 Å². The topological polar surface area (TPSA) is 108 Å². The van der Waals surface area contributed by atoms with Gasteiger partial charge in [-0.3, -0.25) is 15.4 Å². The molecule has 2 aliphatic heterocycles. The molecule has 3 N–H and O–H groups in total. The van der Waals surface area contributed by atoms with Crippen LogP contribution in [-0.4, -0.2) is 45.8 Å². The molecule has 5 rings (SSSR count). The highest BCUT2D eigenvalue weighted by Gasteiger charge is 2.28. The van der Waals surface area contributed by atoms with Crippen LogP contribution in [0, 0.1) is 0 Å². The van der Waals surface area contributed by atoms with Crippen molar-refractivity contribution in [1.82, 2.24) is 25.8 Å². The zero-order chi connectivity index (χ0) is 23.7. The fourth-order valence-electron chi connectivity index (χ4n) is 4.27. The first-order valence-corrected chi connectivity index (χ1v) is 11.6. The summed E-state index contributed by atoms with van der Waals surface area (Å²) in [7, 11) is 0. The van der Waals surface area contributed by atoms with Crippen LogP contribution in [0.4, 0.5) is 22.2 Å². The summed E-state index contributed by atoms with van der Waals surface area (Å²) in [5.74, 6) is 2.21. The van der Waals surface area contributed by atoms with Gasteiger partial charge in [-0.1, -0.05) is 12.1 Å². The quantitative estimate of drug-likeness (QED) is 0.538. The molecule has 34 heavy (non-hydrogen) atoms. The summed E-state index contributed by atoms with van der Waals surface area (Å²) in [5, 5.41) is 6.04. The Hall–Kier alpha value is -3.66. The molecule has 10 nitrogen and oxygen atoms in total. The van der Waals surface area contributed by atoms with E-state index in [1.165, 1.54) is 0 Å². The molecule has 3 aromatic rings. The normalized spacial score (nSPS) is 17.9. The molecule has 1 fully saturated rings. The maximum atomic E-state index is 12.2. The highest BCUT2D eigenvalue weighted by molar-refractivity contribution is 5.79. The maximum Gasteiger partial charge on any atom is 0.407 e. The molecule has 0 aliphatic carbocycles. The number of piperidine rings is 1. The number of nitrogens with zero attached hydrogens (tertiary/aromatic N) is 5. The van der Waals surface area contributed by atoms with Gasteiger partial charge in [0.25, 0.3) is 0 Å². The second-order valence-electron chi connectivity index (χ2n) is 9.69. The minimum absolute atomic E-state index is 0.00258. The second-order valence-corrected chi connectivity index (χ2v) is 9.69. The lowest BCUT2D eigenvalue weighted by atomic mass is 10.1. The van der Waals surface area contributed by atoms with Crippen molar-refractivity contribution in [2.75, 3.05) is 28.4 Å². The number of hydrogen-bond acceptors (Lipinski definition) is 9.